The summed E-state index contributed by atoms with van der Waals surface area (Å²) in [5.41, 5.74) is 1.20. The summed E-state index contributed by atoms with van der Waals surface area (Å²) >= 11 is 0. The highest BCUT2D eigenvalue weighted by Crippen LogP contribution is 2.21. The van der Waals surface area contributed by atoms with Crippen molar-refractivity contribution in [1.29, 1.82) is 0 Å². The molecule has 2 N–H and O–H groups in total. The minimum Gasteiger partial charge on any atom is -0.367 e. The van der Waals surface area contributed by atoms with E-state index in [-0.39, 0.29) is 11.3 Å². The van der Waals surface area contributed by atoms with Gasteiger partial charge in [-0.2, -0.15) is 0 Å². The van der Waals surface area contributed by atoms with Gasteiger partial charge in [0.15, 0.2) is 0 Å². The van der Waals surface area contributed by atoms with Crippen molar-refractivity contribution in [3.8, 4) is 0 Å². The Labute approximate surface area is 78.5 Å². The van der Waals surface area contributed by atoms with Crippen LogP contribution in [0.25, 0.3) is 0 Å². The van der Waals surface area contributed by atoms with E-state index < -0.39 is 0 Å². The van der Waals surface area contributed by atoms with Crippen molar-refractivity contribution in [2.45, 2.75) is 26.2 Å². The highest BCUT2D eigenvalue weighted by atomic mass is 16.1. The lowest BCUT2D eigenvalue weighted by atomic mass is 9.86. The molecule has 1 amide bonds. The summed E-state index contributed by atoms with van der Waals surface area (Å²) < 4.78 is 0. The molecule has 1 rings (SSSR count). The van der Waals surface area contributed by atoms with Crippen LogP contribution in [-0.2, 0) is 10.2 Å². The molecule has 1 aromatic rings. The molecule has 0 unspecified atom stereocenters. The Morgan fingerprint density at radius 1 is 1.62 bits per heavy atom. The molecule has 1 aromatic heterocycles. The second-order valence-corrected chi connectivity index (χ2v) is 3.89. The van der Waals surface area contributed by atoms with Gasteiger partial charge in [0.25, 0.3) is 0 Å². The second kappa shape index (κ2) is 3.64. The lowest BCUT2D eigenvalue weighted by Crippen LogP contribution is -2.35. The number of carbonyl (C=O) groups is 1. The largest absolute Gasteiger partial charge is 0.367 e. The third-order valence-electron chi connectivity index (χ3n) is 2.16. The normalized spacial score (nSPS) is 11.3. The maximum atomic E-state index is 10.7. The third kappa shape index (κ3) is 2.61. The third-order valence-corrected chi connectivity index (χ3v) is 2.16. The fourth-order valence-electron chi connectivity index (χ4n) is 1.19. The predicted octanol–water partition coefficient (Wildman–Crippen LogP) is 1.43. The molecular formula is C10H16N2O. The van der Waals surface area contributed by atoms with E-state index >= 15 is 0 Å². The van der Waals surface area contributed by atoms with E-state index in [1.807, 2.05) is 18.5 Å². The van der Waals surface area contributed by atoms with Gasteiger partial charge in [-0.15, -0.1) is 0 Å². The van der Waals surface area contributed by atoms with Gasteiger partial charge in [0.2, 0.25) is 5.91 Å². The number of H-pyrrole nitrogens is 1. The number of amides is 1. The average Bonchev–Trinajstić information content (AvgIpc) is 2.53. The number of hydrogen-bond donors (Lipinski definition) is 2. The van der Waals surface area contributed by atoms with Crippen molar-refractivity contribution in [2.24, 2.45) is 0 Å². The molecule has 3 nitrogen and oxygen atoms in total. The molecular weight excluding hydrogens is 164 g/mol. The molecule has 1 heterocycles. The van der Waals surface area contributed by atoms with Crippen LogP contribution in [0.4, 0.5) is 0 Å². The molecule has 0 aliphatic carbocycles. The van der Waals surface area contributed by atoms with Gasteiger partial charge in [-0.3, -0.25) is 4.79 Å². The number of carbonyl (C=O) groups excluding carboxylic acids is 1. The molecule has 13 heavy (non-hydrogen) atoms. The number of rotatable bonds is 3. The molecule has 0 saturated heterocycles. The van der Waals surface area contributed by atoms with Crippen molar-refractivity contribution >= 4 is 5.91 Å². The molecule has 72 valence electrons. The maximum Gasteiger partial charge on any atom is 0.216 e. The van der Waals surface area contributed by atoms with E-state index in [9.17, 15) is 4.79 Å². The smallest absolute Gasteiger partial charge is 0.216 e. The zero-order chi connectivity index (χ0) is 9.90. The topological polar surface area (TPSA) is 44.9 Å². The van der Waals surface area contributed by atoms with Gasteiger partial charge in [0, 0.05) is 31.3 Å². The fourth-order valence-corrected chi connectivity index (χ4v) is 1.19. The van der Waals surface area contributed by atoms with E-state index in [4.69, 9.17) is 0 Å². The van der Waals surface area contributed by atoms with Crippen LogP contribution in [0.1, 0.15) is 26.3 Å². The summed E-state index contributed by atoms with van der Waals surface area (Å²) in [4.78, 5) is 13.8. The molecule has 0 aromatic carbocycles. The molecule has 0 aliphatic rings. The number of hydrogen-bond acceptors (Lipinski definition) is 1. The first-order chi connectivity index (χ1) is 6.02. The molecule has 0 saturated carbocycles. The van der Waals surface area contributed by atoms with Gasteiger partial charge >= 0.3 is 0 Å². The number of nitrogens with one attached hydrogen (secondary N) is 2. The summed E-state index contributed by atoms with van der Waals surface area (Å²) in [6, 6.07) is 2.03. The van der Waals surface area contributed by atoms with Crippen LogP contribution in [-0.4, -0.2) is 17.4 Å². The van der Waals surface area contributed by atoms with Gasteiger partial charge in [-0.25, -0.2) is 0 Å². The first kappa shape index (κ1) is 9.84. The monoisotopic (exact) mass is 180 g/mol. The number of aromatic amines is 1. The van der Waals surface area contributed by atoms with Crippen LogP contribution in [0.5, 0.6) is 0 Å². The summed E-state index contributed by atoms with van der Waals surface area (Å²) in [6.45, 7) is 6.41. The minimum atomic E-state index is -0.00826. The van der Waals surface area contributed by atoms with Crippen LogP contribution in [0.2, 0.25) is 0 Å². The maximum absolute atomic E-state index is 10.7. The van der Waals surface area contributed by atoms with Gasteiger partial charge < -0.3 is 10.3 Å². The summed E-state index contributed by atoms with van der Waals surface area (Å²) in [5.74, 6) is 0.0172. The standard InChI is InChI=1S/C10H16N2O/c1-8(13)12-7-10(2,3)9-4-5-11-6-9/h4-6,11H,7H2,1-3H3,(H,12,13). The molecule has 0 spiro atoms. The van der Waals surface area contributed by atoms with E-state index in [1.54, 1.807) is 0 Å². The van der Waals surface area contributed by atoms with Crippen molar-refractivity contribution in [2.75, 3.05) is 6.54 Å². The number of aromatic nitrogens is 1. The molecule has 3 heteroatoms. The highest BCUT2D eigenvalue weighted by Gasteiger charge is 2.20. The minimum absolute atomic E-state index is 0.00826. The van der Waals surface area contributed by atoms with Crippen LogP contribution in [0, 0.1) is 0 Å². The van der Waals surface area contributed by atoms with E-state index in [2.05, 4.69) is 24.1 Å². The fraction of sp³-hybridized carbons (Fsp3) is 0.500. The lowest BCUT2D eigenvalue weighted by Gasteiger charge is -2.23. The average molecular weight is 180 g/mol. The first-order valence-electron chi connectivity index (χ1n) is 4.40. The predicted molar refractivity (Wildman–Crippen MR) is 52.5 cm³/mol. The van der Waals surface area contributed by atoms with Crippen molar-refractivity contribution in [3.05, 3.63) is 24.0 Å². The molecule has 0 bridgehead atoms. The van der Waals surface area contributed by atoms with E-state index in [0.717, 1.165) is 0 Å². The Bertz CT molecular complexity index is 275. The summed E-state index contributed by atoms with van der Waals surface area (Å²) in [7, 11) is 0. The Morgan fingerprint density at radius 3 is 2.77 bits per heavy atom. The van der Waals surface area contributed by atoms with Crippen LogP contribution < -0.4 is 5.32 Å². The van der Waals surface area contributed by atoms with Crippen molar-refractivity contribution in [3.63, 3.8) is 0 Å². The summed E-state index contributed by atoms with van der Waals surface area (Å²) in [6.07, 6.45) is 3.85. The van der Waals surface area contributed by atoms with Gasteiger partial charge in [0.05, 0.1) is 0 Å². The van der Waals surface area contributed by atoms with Crippen LogP contribution >= 0.6 is 0 Å². The van der Waals surface area contributed by atoms with E-state index in [1.165, 1.54) is 12.5 Å². The van der Waals surface area contributed by atoms with Crippen LogP contribution in [0.15, 0.2) is 18.5 Å². The molecule has 0 atom stereocenters. The molecule has 0 aliphatic heterocycles. The van der Waals surface area contributed by atoms with Gasteiger partial charge in [-0.05, 0) is 11.6 Å². The Morgan fingerprint density at radius 2 is 2.31 bits per heavy atom. The zero-order valence-corrected chi connectivity index (χ0v) is 8.35. The second-order valence-electron chi connectivity index (χ2n) is 3.89. The van der Waals surface area contributed by atoms with Crippen molar-refractivity contribution in [1.82, 2.24) is 10.3 Å². The lowest BCUT2D eigenvalue weighted by molar-refractivity contribution is -0.119. The van der Waals surface area contributed by atoms with E-state index in [0.29, 0.717) is 6.54 Å². The Balaban J connectivity index is 2.61. The van der Waals surface area contributed by atoms with Crippen LogP contribution in [0.3, 0.4) is 0 Å². The molecule has 0 radical (unpaired) electrons. The van der Waals surface area contributed by atoms with Gasteiger partial charge in [-0.1, -0.05) is 13.8 Å². The van der Waals surface area contributed by atoms with Crippen molar-refractivity contribution < 1.29 is 4.79 Å². The first-order valence-corrected chi connectivity index (χ1v) is 4.40. The Hall–Kier alpha value is -1.25. The summed E-state index contributed by atoms with van der Waals surface area (Å²) in [5, 5.41) is 2.82. The SMILES string of the molecule is CC(=O)NCC(C)(C)c1cc[nH]c1. The quantitative estimate of drug-likeness (QED) is 0.726. The molecule has 0 fully saturated rings. The zero-order valence-electron chi connectivity index (χ0n) is 8.35. The van der Waals surface area contributed by atoms with Gasteiger partial charge in [0.1, 0.15) is 0 Å². The highest BCUT2D eigenvalue weighted by molar-refractivity contribution is 5.72. The Kier molecular flexibility index (Phi) is 2.76.